The summed E-state index contributed by atoms with van der Waals surface area (Å²) in [5, 5.41) is 5.12. The highest BCUT2D eigenvalue weighted by atomic mass is 35.5. The zero-order valence-electron chi connectivity index (χ0n) is 20.2. The number of hydrogen-bond donors (Lipinski definition) is 1. The highest BCUT2D eigenvalue weighted by Gasteiger charge is 2.53. The van der Waals surface area contributed by atoms with Gasteiger partial charge >= 0.3 is 6.55 Å². The minimum atomic E-state index is -2.67. The van der Waals surface area contributed by atoms with Crippen LogP contribution in [0, 0.1) is 11.2 Å². The predicted molar refractivity (Wildman–Crippen MR) is 138 cm³/mol. The van der Waals surface area contributed by atoms with Crippen LogP contribution in [0.3, 0.4) is 0 Å². The molecule has 0 unspecified atom stereocenters. The molecule has 0 bridgehead atoms. The summed E-state index contributed by atoms with van der Waals surface area (Å²) in [5.41, 5.74) is 0.608. The summed E-state index contributed by atoms with van der Waals surface area (Å²) < 4.78 is 49.3. The van der Waals surface area contributed by atoms with Crippen LogP contribution in [0.25, 0.3) is 21.7 Å². The summed E-state index contributed by atoms with van der Waals surface area (Å²) in [6, 6.07) is 9.60. The standard InChI is InChI=1S/C27H26ClF3N4O2/c1-33-7-5-18-23(3-2-19(28)24(18)25(33)36)37-17-12-27(13-17)14-34(15-27)9-6-32-21-11-22-16(10-20(21)29)4-8-35(22)26(30)31/h2-5,7-8,10-11,17,26,32H,6,9,12-15H2,1H3. The van der Waals surface area contributed by atoms with Gasteiger partial charge < -0.3 is 19.5 Å². The predicted octanol–water partition coefficient (Wildman–Crippen LogP) is 5.64. The van der Waals surface area contributed by atoms with Crippen LogP contribution in [0.4, 0.5) is 18.9 Å². The molecule has 1 spiro atoms. The molecule has 2 aromatic heterocycles. The molecule has 194 valence electrons. The molecule has 1 saturated heterocycles. The van der Waals surface area contributed by atoms with Gasteiger partial charge in [0.2, 0.25) is 0 Å². The van der Waals surface area contributed by atoms with Crippen LogP contribution in [0.15, 0.2) is 53.6 Å². The summed E-state index contributed by atoms with van der Waals surface area (Å²) >= 11 is 6.28. The van der Waals surface area contributed by atoms with E-state index in [1.807, 2.05) is 12.1 Å². The molecule has 2 aliphatic rings. The second-order valence-electron chi connectivity index (χ2n) is 10.2. The quantitative estimate of drug-likeness (QED) is 0.336. The number of aromatic nitrogens is 2. The van der Waals surface area contributed by atoms with E-state index in [1.165, 1.54) is 29.0 Å². The van der Waals surface area contributed by atoms with Crippen molar-refractivity contribution in [3.8, 4) is 5.75 Å². The summed E-state index contributed by atoms with van der Waals surface area (Å²) in [7, 11) is 1.69. The largest absolute Gasteiger partial charge is 0.490 e. The average molecular weight is 531 g/mol. The van der Waals surface area contributed by atoms with Crippen molar-refractivity contribution in [3.05, 3.63) is 70.0 Å². The molecule has 6 nitrogen and oxygen atoms in total. The van der Waals surface area contributed by atoms with Crippen LogP contribution >= 0.6 is 11.6 Å². The number of likely N-dealkylation sites (tertiary alicyclic amines) is 1. The van der Waals surface area contributed by atoms with E-state index in [1.54, 1.807) is 19.3 Å². The second kappa shape index (κ2) is 8.99. The zero-order valence-corrected chi connectivity index (χ0v) is 20.9. The van der Waals surface area contributed by atoms with Crippen molar-refractivity contribution in [2.75, 3.05) is 31.5 Å². The number of alkyl halides is 2. The topological polar surface area (TPSA) is 51.4 Å². The van der Waals surface area contributed by atoms with E-state index in [4.69, 9.17) is 16.3 Å². The molecule has 1 aliphatic heterocycles. The van der Waals surface area contributed by atoms with Gasteiger partial charge in [-0.25, -0.2) is 4.39 Å². The number of fused-ring (bicyclic) bond motifs is 2. The molecule has 2 aromatic carbocycles. The van der Waals surface area contributed by atoms with Crippen molar-refractivity contribution in [1.82, 2.24) is 14.0 Å². The van der Waals surface area contributed by atoms with Crippen LogP contribution in [-0.4, -0.2) is 46.3 Å². The number of rotatable bonds is 7. The first-order chi connectivity index (χ1) is 17.7. The van der Waals surface area contributed by atoms with E-state index in [2.05, 4.69) is 10.2 Å². The number of ether oxygens (including phenoxy) is 1. The van der Waals surface area contributed by atoms with Crippen molar-refractivity contribution < 1.29 is 17.9 Å². The summed E-state index contributed by atoms with van der Waals surface area (Å²) in [6.07, 6.45) is 4.93. The number of anilines is 1. The Kier molecular flexibility index (Phi) is 5.88. The van der Waals surface area contributed by atoms with Gasteiger partial charge in [0.15, 0.2) is 0 Å². The fraction of sp³-hybridized carbons (Fsp3) is 0.370. The first kappa shape index (κ1) is 24.2. The van der Waals surface area contributed by atoms with Crippen molar-refractivity contribution >= 4 is 39.0 Å². The minimum absolute atomic E-state index is 0.0839. The van der Waals surface area contributed by atoms with E-state index >= 15 is 0 Å². The van der Waals surface area contributed by atoms with Crippen LogP contribution < -0.4 is 15.6 Å². The Morgan fingerprint density at radius 1 is 1.16 bits per heavy atom. The van der Waals surface area contributed by atoms with Gasteiger partial charge in [-0.15, -0.1) is 0 Å². The van der Waals surface area contributed by atoms with Gasteiger partial charge in [0, 0.05) is 61.8 Å². The number of pyridine rings is 1. The van der Waals surface area contributed by atoms with Gasteiger partial charge in [-0.05, 0) is 49.2 Å². The van der Waals surface area contributed by atoms with Gasteiger partial charge in [-0.3, -0.25) is 9.36 Å². The number of nitrogens with zero attached hydrogens (tertiary/aromatic N) is 3. The summed E-state index contributed by atoms with van der Waals surface area (Å²) in [4.78, 5) is 14.8. The molecular formula is C27H26ClF3N4O2. The van der Waals surface area contributed by atoms with Crippen LogP contribution in [-0.2, 0) is 7.05 Å². The Balaban J connectivity index is 1.01. The number of aryl methyl sites for hydroxylation is 1. The second-order valence-corrected chi connectivity index (χ2v) is 10.7. The lowest BCUT2D eigenvalue weighted by atomic mass is 9.62. The number of benzene rings is 2. The van der Waals surface area contributed by atoms with Crippen molar-refractivity contribution in [2.24, 2.45) is 12.5 Å². The highest BCUT2D eigenvalue weighted by molar-refractivity contribution is 6.35. The fourth-order valence-electron chi connectivity index (χ4n) is 5.81. The number of hydrogen-bond acceptors (Lipinski definition) is 4. The van der Waals surface area contributed by atoms with Crippen LogP contribution in [0.1, 0.15) is 19.4 Å². The molecule has 2 fully saturated rings. The maximum Gasteiger partial charge on any atom is 0.319 e. The first-order valence-electron chi connectivity index (χ1n) is 12.2. The summed E-state index contributed by atoms with van der Waals surface area (Å²) in [6.45, 7) is 0.443. The lowest BCUT2D eigenvalue weighted by Crippen LogP contribution is -2.65. The number of halogens is 4. The van der Waals surface area contributed by atoms with Gasteiger partial charge in [0.1, 0.15) is 11.6 Å². The molecule has 0 atom stereocenters. The minimum Gasteiger partial charge on any atom is -0.490 e. The summed E-state index contributed by atoms with van der Waals surface area (Å²) in [5.74, 6) is 0.223. The van der Waals surface area contributed by atoms with Crippen molar-refractivity contribution in [1.29, 1.82) is 0 Å². The Morgan fingerprint density at radius 3 is 2.70 bits per heavy atom. The highest BCUT2D eigenvalue weighted by Crippen LogP contribution is 2.50. The molecular weight excluding hydrogens is 505 g/mol. The lowest BCUT2D eigenvalue weighted by Gasteiger charge is -2.58. The average Bonchev–Trinajstić information content (AvgIpc) is 3.22. The molecule has 0 amide bonds. The maximum atomic E-state index is 14.4. The van der Waals surface area contributed by atoms with Gasteiger partial charge in [-0.2, -0.15) is 8.78 Å². The fourth-order valence-corrected chi connectivity index (χ4v) is 6.05. The van der Waals surface area contributed by atoms with Crippen LogP contribution in [0.5, 0.6) is 5.75 Å². The molecule has 3 heterocycles. The van der Waals surface area contributed by atoms with Crippen molar-refractivity contribution in [3.63, 3.8) is 0 Å². The molecule has 4 aromatic rings. The molecule has 1 saturated carbocycles. The number of nitrogens with one attached hydrogen (secondary N) is 1. The van der Waals surface area contributed by atoms with Crippen molar-refractivity contribution in [2.45, 2.75) is 25.5 Å². The van der Waals surface area contributed by atoms with E-state index < -0.39 is 12.4 Å². The Bertz CT molecular complexity index is 1550. The molecule has 37 heavy (non-hydrogen) atoms. The maximum absolute atomic E-state index is 14.4. The van der Waals surface area contributed by atoms with E-state index in [-0.39, 0.29) is 22.8 Å². The third-order valence-corrected chi connectivity index (χ3v) is 7.96. The monoisotopic (exact) mass is 530 g/mol. The Labute approximate surface area is 216 Å². The molecule has 1 N–H and O–H groups in total. The molecule has 6 rings (SSSR count). The van der Waals surface area contributed by atoms with E-state index in [0.29, 0.717) is 33.6 Å². The smallest absolute Gasteiger partial charge is 0.319 e. The third-order valence-electron chi connectivity index (χ3n) is 7.65. The zero-order chi connectivity index (χ0) is 25.9. The SMILES string of the molecule is Cn1ccc2c(OC3CC4(C3)CN(CCNc3cc5c(ccn5C(F)F)cc3F)C4)ccc(Cl)c2c1=O. The van der Waals surface area contributed by atoms with E-state index in [9.17, 15) is 18.0 Å². The first-order valence-corrected chi connectivity index (χ1v) is 12.6. The normalized spacial score (nSPS) is 17.5. The van der Waals surface area contributed by atoms with Gasteiger partial charge in [0.25, 0.3) is 5.56 Å². The Hall–Kier alpha value is -3.17. The van der Waals surface area contributed by atoms with Gasteiger partial charge in [0.05, 0.1) is 27.7 Å². The molecule has 0 radical (unpaired) electrons. The molecule has 1 aliphatic carbocycles. The van der Waals surface area contributed by atoms with E-state index in [0.717, 1.165) is 42.4 Å². The van der Waals surface area contributed by atoms with Gasteiger partial charge in [-0.1, -0.05) is 11.6 Å². The third kappa shape index (κ3) is 4.24. The lowest BCUT2D eigenvalue weighted by molar-refractivity contribution is -0.117. The Morgan fingerprint density at radius 2 is 1.95 bits per heavy atom. The van der Waals surface area contributed by atoms with Crippen LogP contribution in [0.2, 0.25) is 5.02 Å². The molecule has 10 heteroatoms.